The number of aliphatic hydroxyl groups is 1. The number of hydrogen-bond acceptors (Lipinski definition) is 3. The highest BCUT2D eigenvalue weighted by atomic mass is 16.3. The van der Waals surface area contributed by atoms with Gasteiger partial charge in [0.15, 0.2) is 0 Å². The summed E-state index contributed by atoms with van der Waals surface area (Å²) in [4.78, 5) is 12.2. The van der Waals surface area contributed by atoms with E-state index in [1.807, 2.05) is 18.2 Å². The number of nitrogens with one attached hydrogen (secondary N) is 2. The van der Waals surface area contributed by atoms with E-state index in [0.29, 0.717) is 0 Å². The minimum absolute atomic E-state index is 0.0676. The molecule has 1 saturated heterocycles. The van der Waals surface area contributed by atoms with Gasteiger partial charge in [-0.1, -0.05) is 12.1 Å². The topological polar surface area (TPSA) is 61.4 Å². The lowest BCUT2D eigenvalue weighted by Crippen LogP contribution is -2.40. The Hall–Kier alpha value is -1.39. The van der Waals surface area contributed by atoms with Crippen molar-refractivity contribution in [3.8, 4) is 0 Å². The van der Waals surface area contributed by atoms with E-state index in [1.165, 1.54) is 0 Å². The summed E-state index contributed by atoms with van der Waals surface area (Å²) in [6.07, 6.45) is 3.28. The Kier molecular flexibility index (Phi) is 2.58. The molecule has 4 heteroatoms. The highest BCUT2D eigenvalue weighted by Crippen LogP contribution is 2.57. The molecule has 0 radical (unpaired) electrons. The lowest BCUT2D eigenvalue weighted by Gasteiger charge is -2.26. The van der Waals surface area contributed by atoms with Gasteiger partial charge in [0.05, 0.1) is 11.5 Å². The summed E-state index contributed by atoms with van der Waals surface area (Å²) in [5.41, 5.74) is 2.61. The summed E-state index contributed by atoms with van der Waals surface area (Å²) in [6.45, 7) is 4.34. The van der Waals surface area contributed by atoms with Crippen molar-refractivity contribution in [3.05, 3.63) is 29.3 Å². The minimum Gasteiger partial charge on any atom is -0.387 e. The maximum atomic E-state index is 12.2. The maximum absolute atomic E-state index is 12.2. The highest BCUT2D eigenvalue weighted by Gasteiger charge is 2.57. The first kappa shape index (κ1) is 13.3. The fourth-order valence-electron chi connectivity index (χ4n) is 4.03. The van der Waals surface area contributed by atoms with Crippen molar-refractivity contribution in [1.29, 1.82) is 0 Å². The fourth-order valence-corrected chi connectivity index (χ4v) is 4.03. The molecule has 3 N–H and O–H groups in total. The van der Waals surface area contributed by atoms with Crippen LogP contribution < -0.4 is 10.6 Å². The number of rotatable bonds is 2. The molecule has 0 aromatic heterocycles. The van der Waals surface area contributed by atoms with Crippen LogP contribution in [-0.2, 0) is 10.2 Å². The van der Waals surface area contributed by atoms with Gasteiger partial charge in [-0.25, -0.2) is 0 Å². The molecule has 2 aliphatic heterocycles. The summed E-state index contributed by atoms with van der Waals surface area (Å²) in [5, 5.41) is 17.4. The van der Waals surface area contributed by atoms with Gasteiger partial charge in [0, 0.05) is 17.3 Å². The average Bonchev–Trinajstić information content (AvgIpc) is 3.08. The van der Waals surface area contributed by atoms with Crippen LogP contribution in [0.4, 0.5) is 5.69 Å². The van der Waals surface area contributed by atoms with Gasteiger partial charge in [-0.05, 0) is 56.7 Å². The summed E-state index contributed by atoms with van der Waals surface area (Å²) in [5.74, 6) is 0.108. The van der Waals surface area contributed by atoms with Crippen molar-refractivity contribution < 1.29 is 9.90 Å². The Morgan fingerprint density at radius 2 is 2.05 bits per heavy atom. The predicted octanol–water partition coefficient (Wildman–Crippen LogP) is 2.23. The van der Waals surface area contributed by atoms with Gasteiger partial charge >= 0.3 is 0 Å². The summed E-state index contributed by atoms with van der Waals surface area (Å²) >= 11 is 0. The van der Waals surface area contributed by atoms with Crippen LogP contribution in [-0.4, -0.2) is 22.6 Å². The number of anilines is 1. The molecule has 3 aliphatic rings. The van der Waals surface area contributed by atoms with Crippen LogP contribution in [0.5, 0.6) is 0 Å². The molecule has 0 unspecified atom stereocenters. The second kappa shape index (κ2) is 4.08. The molecule has 4 nitrogen and oxygen atoms in total. The summed E-state index contributed by atoms with van der Waals surface area (Å²) < 4.78 is 0. The fraction of sp³-hybridized carbons (Fsp3) is 0.588. The van der Waals surface area contributed by atoms with Gasteiger partial charge < -0.3 is 15.7 Å². The van der Waals surface area contributed by atoms with Gasteiger partial charge in [-0.2, -0.15) is 0 Å². The first-order valence-electron chi connectivity index (χ1n) is 7.84. The number of benzene rings is 1. The minimum atomic E-state index is -0.549. The predicted molar refractivity (Wildman–Crippen MR) is 81.2 cm³/mol. The maximum Gasteiger partial charge on any atom is 0.235 e. The molecule has 2 fully saturated rings. The van der Waals surface area contributed by atoms with Gasteiger partial charge in [0.2, 0.25) is 5.91 Å². The van der Waals surface area contributed by atoms with E-state index in [0.717, 1.165) is 42.5 Å². The molecule has 2 atom stereocenters. The van der Waals surface area contributed by atoms with Crippen molar-refractivity contribution in [3.63, 3.8) is 0 Å². The van der Waals surface area contributed by atoms with Gasteiger partial charge in [-0.3, -0.25) is 4.79 Å². The van der Waals surface area contributed by atoms with Crippen LogP contribution in [0.1, 0.15) is 56.8 Å². The van der Waals surface area contributed by atoms with Crippen LogP contribution >= 0.6 is 0 Å². The van der Waals surface area contributed by atoms with Crippen LogP contribution in [0.3, 0.4) is 0 Å². The standard InChI is InChI=1S/C17H22N2O2/c1-16(2)7-6-12(19-16)14(20)10-4-3-5-11-13(10)17(8-9-17)15(21)18-11/h3-5,12,14,19-20H,6-9H2,1-2H3,(H,18,21)/t12-,14+/m0/s1. The molecule has 1 aliphatic carbocycles. The smallest absolute Gasteiger partial charge is 0.235 e. The van der Waals surface area contributed by atoms with Gasteiger partial charge in [0.25, 0.3) is 0 Å². The monoisotopic (exact) mass is 286 g/mol. The number of aliphatic hydroxyl groups excluding tert-OH is 1. The molecule has 1 aromatic carbocycles. The van der Waals surface area contributed by atoms with Crippen LogP contribution in [0, 0.1) is 0 Å². The number of amides is 1. The number of hydrogen-bond donors (Lipinski definition) is 3. The molecule has 112 valence electrons. The largest absolute Gasteiger partial charge is 0.387 e. The van der Waals surface area contributed by atoms with E-state index in [1.54, 1.807) is 0 Å². The van der Waals surface area contributed by atoms with Gasteiger partial charge in [0.1, 0.15) is 0 Å². The van der Waals surface area contributed by atoms with Crippen LogP contribution in [0.15, 0.2) is 18.2 Å². The lowest BCUT2D eigenvalue weighted by molar-refractivity contribution is -0.117. The van der Waals surface area contributed by atoms with Crippen molar-refractivity contribution >= 4 is 11.6 Å². The van der Waals surface area contributed by atoms with Crippen LogP contribution in [0.2, 0.25) is 0 Å². The second-order valence-electron chi connectivity index (χ2n) is 7.42. The zero-order chi connectivity index (χ0) is 14.8. The average molecular weight is 286 g/mol. The quantitative estimate of drug-likeness (QED) is 0.781. The molecule has 2 heterocycles. The first-order valence-corrected chi connectivity index (χ1v) is 7.84. The Bertz CT molecular complexity index is 619. The Balaban J connectivity index is 1.72. The van der Waals surface area contributed by atoms with E-state index < -0.39 is 6.10 Å². The normalized spacial score (nSPS) is 29.3. The highest BCUT2D eigenvalue weighted by molar-refractivity contribution is 6.08. The number of carbonyl (C=O) groups is 1. The zero-order valence-corrected chi connectivity index (χ0v) is 12.6. The van der Waals surface area contributed by atoms with E-state index in [9.17, 15) is 9.90 Å². The van der Waals surface area contributed by atoms with Crippen molar-refractivity contribution in [2.45, 2.75) is 62.6 Å². The molecule has 1 aromatic rings. The second-order valence-corrected chi connectivity index (χ2v) is 7.42. The third-order valence-corrected chi connectivity index (χ3v) is 5.36. The number of fused-ring (bicyclic) bond motifs is 2. The Morgan fingerprint density at radius 3 is 2.67 bits per heavy atom. The van der Waals surface area contributed by atoms with Crippen LogP contribution in [0.25, 0.3) is 0 Å². The molecule has 21 heavy (non-hydrogen) atoms. The third-order valence-electron chi connectivity index (χ3n) is 5.36. The molecule has 4 rings (SSSR count). The van der Waals surface area contributed by atoms with Crippen molar-refractivity contribution in [1.82, 2.24) is 5.32 Å². The Morgan fingerprint density at radius 1 is 1.29 bits per heavy atom. The molecular formula is C17H22N2O2. The molecule has 0 bridgehead atoms. The zero-order valence-electron chi connectivity index (χ0n) is 12.6. The van der Waals surface area contributed by atoms with E-state index in [4.69, 9.17) is 0 Å². The molecule has 1 saturated carbocycles. The van der Waals surface area contributed by atoms with E-state index in [-0.39, 0.29) is 22.9 Å². The molecular weight excluding hydrogens is 264 g/mol. The van der Waals surface area contributed by atoms with E-state index >= 15 is 0 Å². The summed E-state index contributed by atoms with van der Waals surface area (Å²) in [7, 11) is 0. The third kappa shape index (κ3) is 1.86. The number of carbonyl (C=O) groups excluding carboxylic acids is 1. The van der Waals surface area contributed by atoms with Crippen molar-refractivity contribution in [2.75, 3.05) is 5.32 Å². The SMILES string of the molecule is CC1(C)CC[C@@H]([C@H](O)c2cccc3c2C2(CC2)C(=O)N3)N1. The molecule has 1 spiro atoms. The Labute approximate surface area is 124 Å². The van der Waals surface area contributed by atoms with Gasteiger partial charge in [-0.15, -0.1) is 0 Å². The van der Waals surface area contributed by atoms with Crippen molar-refractivity contribution in [2.24, 2.45) is 0 Å². The lowest BCUT2D eigenvalue weighted by atomic mass is 9.87. The molecule has 1 amide bonds. The first-order chi connectivity index (χ1) is 9.93. The summed E-state index contributed by atoms with van der Waals surface area (Å²) in [6, 6.07) is 5.93. The van der Waals surface area contributed by atoms with E-state index in [2.05, 4.69) is 24.5 Å².